The molecule has 0 saturated carbocycles. The van der Waals surface area contributed by atoms with Crippen molar-refractivity contribution >= 4 is 5.91 Å². The van der Waals surface area contributed by atoms with Gasteiger partial charge >= 0.3 is 0 Å². The summed E-state index contributed by atoms with van der Waals surface area (Å²) in [6, 6.07) is 16.5. The molecule has 0 bridgehead atoms. The molecule has 2 aromatic carbocycles. The van der Waals surface area contributed by atoms with Crippen LogP contribution in [0.2, 0.25) is 0 Å². The molecule has 0 aliphatic carbocycles. The van der Waals surface area contributed by atoms with Crippen molar-refractivity contribution in [2.75, 3.05) is 13.2 Å². The van der Waals surface area contributed by atoms with Gasteiger partial charge in [0, 0.05) is 42.4 Å². The first-order valence-electron chi connectivity index (χ1n) is 10.6. The molecule has 1 N–H and O–H groups in total. The molecule has 7 heteroatoms. The SMILES string of the molecule is CCOc1cc2c(cc1CNC(=O)COc1cccc(Oc3ccccn3)c1)O[C@H](C)C2. The van der Waals surface area contributed by atoms with E-state index in [4.69, 9.17) is 18.9 Å². The normalized spacial score (nSPS) is 14.2. The van der Waals surface area contributed by atoms with Crippen LogP contribution < -0.4 is 24.3 Å². The standard InChI is InChI=1S/C25H26N2O5/c1-3-29-22-12-18-11-17(2)31-23(18)13-19(22)15-27-24(28)16-30-20-7-6-8-21(14-20)32-25-9-4-5-10-26-25/h4-10,12-14,17H,3,11,15-16H2,1-2H3,(H,27,28)/t17-/m1/s1. The van der Waals surface area contributed by atoms with Gasteiger partial charge in [0.25, 0.3) is 5.91 Å². The lowest BCUT2D eigenvalue weighted by Crippen LogP contribution is -2.28. The molecule has 7 nitrogen and oxygen atoms in total. The fraction of sp³-hybridized carbons (Fsp3) is 0.280. The summed E-state index contributed by atoms with van der Waals surface area (Å²) in [4.78, 5) is 16.5. The molecule has 166 valence electrons. The number of hydrogen-bond acceptors (Lipinski definition) is 6. The first kappa shape index (κ1) is 21.5. The van der Waals surface area contributed by atoms with Crippen LogP contribution in [0, 0.1) is 0 Å². The van der Waals surface area contributed by atoms with E-state index in [0.29, 0.717) is 30.5 Å². The highest BCUT2D eigenvalue weighted by Crippen LogP contribution is 2.35. The lowest BCUT2D eigenvalue weighted by Gasteiger charge is -2.14. The van der Waals surface area contributed by atoms with E-state index >= 15 is 0 Å². The minimum Gasteiger partial charge on any atom is -0.494 e. The monoisotopic (exact) mass is 434 g/mol. The van der Waals surface area contributed by atoms with Crippen molar-refractivity contribution in [3.63, 3.8) is 0 Å². The van der Waals surface area contributed by atoms with Crippen LogP contribution in [0.15, 0.2) is 60.8 Å². The second kappa shape index (κ2) is 10.0. The van der Waals surface area contributed by atoms with Gasteiger partial charge in [0.05, 0.1) is 6.61 Å². The van der Waals surface area contributed by atoms with Gasteiger partial charge in [-0.15, -0.1) is 0 Å². The molecule has 0 radical (unpaired) electrons. The van der Waals surface area contributed by atoms with E-state index in [9.17, 15) is 4.79 Å². The summed E-state index contributed by atoms with van der Waals surface area (Å²) in [5, 5.41) is 2.88. The first-order chi connectivity index (χ1) is 15.6. The molecule has 3 aromatic rings. The van der Waals surface area contributed by atoms with Crippen LogP contribution >= 0.6 is 0 Å². The quantitative estimate of drug-likeness (QED) is 0.541. The van der Waals surface area contributed by atoms with Crippen molar-refractivity contribution in [2.45, 2.75) is 32.9 Å². The molecule has 0 fully saturated rings. The van der Waals surface area contributed by atoms with E-state index in [0.717, 1.165) is 29.0 Å². The van der Waals surface area contributed by atoms with Crippen LogP contribution in [0.1, 0.15) is 25.0 Å². The largest absolute Gasteiger partial charge is 0.494 e. The maximum absolute atomic E-state index is 12.4. The fourth-order valence-corrected chi connectivity index (χ4v) is 3.46. The Bertz CT molecular complexity index is 1070. The molecule has 0 spiro atoms. The summed E-state index contributed by atoms with van der Waals surface area (Å²) in [7, 11) is 0. The average Bonchev–Trinajstić information content (AvgIpc) is 3.16. The van der Waals surface area contributed by atoms with Crippen LogP contribution in [0.5, 0.6) is 28.9 Å². The number of nitrogens with one attached hydrogen (secondary N) is 1. The second-order valence-corrected chi connectivity index (χ2v) is 7.44. The number of ether oxygens (including phenoxy) is 4. The summed E-state index contributed by atoms with van der Waals surface area (Å²) >= 11 is 0. The zero-order chi connectivity index (χ0) is 22.3. The smallest absolute Gasteiger partial charge is 0.258 e. The number of carbonyl (C=O) groups excluding carboxylic acids is 1. The van der Waals surface area contributed by atoms with E-state index in [1.54, 1.807) is 36.5 Å². The van der Waals surface area contributed by atoms with E-state index in [2.05, 4.69) is 10.3 Å². The van der Waals surface area contributed by atoms with Gasteiger partial charge in [-0.2, -0.15) is 0 Å². The number of rotatable bonds is 9. The molecular formula is C25H26N2O5. The van der Waals surface area contributed by atoms with Crippen LogP contribution in [0.25, 0.3) is 0 Å². The topological polar surface area (TPSA) is 78.9 Å². The summed E-state index contributed by atoms with van der Waals surface area (Å²) < 4.78 is 22.9. The number of hydrogen-bond donors (Lipinski definition) is 1. The van der Waals surface area contributed by atoms with Gasteiger partial charge in [-0.1, -0.05) is 12.1 Å². The number of amides is 1. The lowest BCUT2D eigenvalue weighted by molar-refractivity contribution is -0.123. The summed E-state index contributed by atoms with van der Waals surface area (Å²) in [5.41, 5.74) is 2.01. The van der Waals surface area contributed by atoms with Crippen molar-refractivity contribution in [3.8, 4) is 28.9 Å². The third-order valence-electron chi connectivity index (χ3n) is 4.89. The average molecular weight is 434 g/mol. The Morgan fingerprint density at radius 3 is 2.81 bits per heavy atom. The Labute approximate surface area is 187 Å². The van der Waals surface area contributed by atoms with E-state index in [1.807, 2.05) is 38.1 Å². The third kappa shape index (κ3) is 5.49. The Morgan fingerprint density at radius 1 is 1.12 bits per heavy atom. The van der Waals surface area contributed by atoms with Crippen LogP contribution in [-0.4, -0.2) is 30.2 Å². The molecule has 1 atom stereocenters. The maximum atomic E-state index is 12.4. The Morgan fingerprint density at radius 2 is 2.00 bits per heavy atom. The molecule has 1 aliphatic heterocycles. The van der Waals surface area contributed by atoms with Crippen LogP contribution in [-0.2, 0) is 17.8 Å². The zero-order valence-corrected chi connectivity index (χ0v) is 18.2. The second-order valence-electron chi connectivity index (χ2n) is 7.44. The summed E-state index contributed by atoms with van der Waals surface area (Å²) in [6.45, 7) is 4.74. The number of carbonyl (C=O) groups is 1. The minimum absolute atomic E-state index is 0.116. The van der Waals surface area contributed by atoms with Gasteiger partial charge in [0.15, 0.2) is 6.61 Å². The van der Waals surface area contributed by atoms with E-state index in [-0.39, 0.29) is 18.6 Å². The Hall–Kier alpha value is -3.74. The van der Waals surface area contributed by atoms with Gasteiger partial charge in [-0.05, 0) is 44.2 Å². The van der Waals surface area contributed by atoms with Gasteiger partial charge in [0.2, 0.25) is 5.88 Å². The van der Waals surface area contributed by atoms with Gasteiger partial charge in [-0.25, -0.2) is 4.98 Å². The highest BCUT2D eigenvalue weighted by molar-refractivity contribution is 5.77. The molecule has 1 aliphatic rings. The third-order valence-corrected chi connectivity index (χ3v) is 4.89. The van der Waals surface area contributed by atoms with E-state index in [1.165, 1.54) is 0 Å². The molecule has 1 amide bonds. The van der Waals surface area contributed by atoms with Gasteiger partial charge in [0.1, 0.15) is 29.1 Å². The molecule has 0 unspecified atom stereocenters. The number of aromatic nitrogens is 1. The predicted molar refractivity (Wildman–Crippen MR) is 119 cm³/mol. The highest BCUT2D eigenvalue weighted by Gasteiger charge is 2.22. The van der Waals surface area contributed by atoms with Gasteiger partial charge in [-0.3, -0.25) is 4.79 Å². The summed E-state index contributed by atoms with van der Waals surface area (Å²) in [6.07, 6.45) is 2.67. The van der Waals surface area contributed by atoms with Crippen molar-refractivity contribution in [1.29, 1.82) is 0 Å². The summed E-state index contributed by atoms with van der Waals surface area (Å²) in [5.74, 6) is 2.98. The minimum atomic E-state index is -0.238. The zero-order valence-electron chi connectivity index (χ0n) is 18.2. The molecule has 0 saturated heterocycles. The molecule has 2 heterocycles. The number of benzene rings is 2. The highest BCUT2D eigenvalue weighted by atomic mass is 16.5. The number of pyridine rings is 1. The Kier molecular flexibility index (Phi) is 6.75. The molecule has 1 aromatic heterocycles. The fourth-order valence-electron chi connectivity index (χ4n) is 3.46. The van der Waals surface area contributed by atoms with Crippen molar-refractivity contribution in [1.82, 2.24) is 10.3 Å². The van der Waals surface area contributed by atoms with Crippen molar-refractivity contribution < 1.29 is 23.7 Å². The Balaban J connectivity index is 1.32. The van der Waals surface area contributed by atoms with Crippen LogP contribution in [0.3, 0.4) is 0 Å². The number of fused-ring (bicyclic) bond motifs is 1. The predicted octanol–water partition coefficient (Wildman–Crippen LogP) is 4.29. The number of nitrogens with zero attached hydrogens (tertiary/aromatic N) is 1. The molecule has 4 rings (SSSR count). The maximum Gasteiger partial charge on any atom is 0.258 e. The van der Waals surface area contributed by atoms with Crippen LogP contribution in [0.4, 0.5) is 0 Å². The van der Waals surface area contributed by atoms with Crippen molar-refractivity contribution in [3.05, 3.63) is 71.9 Å². The van der Waals surface area contributed by atoms with Gasteiger partial charge < -0.3 is 24.3 Å². The molecular weight excluding hydrogens is 408 g/mol. The van der Waals surface area contributed by atoms with E-state index < -0.39 is 0 Å². The van der Waals surface area contributed by atoms with Crippen molar-refractivity contribution in [2.24, 2.45) is 0 Å². The lowest BCUT2D eigenvalue weighted by atomic mass is 10.1. The first-order valence-corrected chi connectivity index (χ1v) is 10.6. The molecule has 32 heavy (non-hydrogen) atoms.